The molecule has 0 amide bonds. The Labute approximate surface area is 153 Å². The molecule has 0 radical (unpaired) electrons. The summed E-state index contributed by atoms with van der Waals surface area (Å²) < 4.78 is 32.5. The quantitative estimate of drug-likeness (QED) is 0.719. The number of benzene rings is 2. The predicted molar refractivity (Wildman–Crippen MR) is 99.4 cm³/mol. The number of nitrogens with one attached hydrogen (secondary N) is 2. The van der Waals surface area contributed by atoms with Gasteiger partial charge < -0.3 is 15.4 Å². The number of alkyl halides is 1. The van der Waals surface area contributed by atoms with Crippen LogP contribution in [0.2, 0.25) is 0 Å². The van der Waals surface area contributed by atoms with E-state index in [0.717, 1.165) is 23.2 Å². The molecule has 0 spiro atoms. The average Bonchev–Trinajstić information content (AvgIpc) is 3.06. The highest BCUT2D eigenvalue weighted by molar-refractivity contribution is 5.36. The summed E-state index contributed by atoms with van der Waals surface area (Å²) in [6.07, 6.45) is 3.13. The first-order valence-corrected chi connectivity index (χ1v) is 8.86. The molecule has 2 aromatic carbocycles. The molecule has 1 aliphatic rings. The largest absolute Gasteiger partial charge is 0.454 e. The van der Waals surface area contributed by atoms with Crippen LogP contribution in [0, 0.1) is 12.7 Å². The zero-order chi connectivity index (χ0) is 18.5. The van der Waals surface area contributed by atoms with Crippen molar-refractivity contribution < 1.29 is 13.5 Å². The Morgan fingerprint density at radius 2 is 2.00 bits per heavy atom. The Morgan fingerprint density at radius 3 is 2.69 bits per heavy atom. The van der Waals surface area contributed by atoms with E-state index in [-0.39, 0.29) is 24.5 Å². The minimum Gasteiger partial charge on any atom is -0.454 e. The van der Waals surface area contributed by atoms with Gasteiger partial charge in [-0.2, -0.15) is 0 Å². The first kappa shape index (κ1) is 18.2. The lowest BCUT2D eigenvalue weighted by Gasteiger charge is -2.18. The Kier molecular flexibility index (Phi) is 5.76. The Balaban J connectivity index is 1.62. The zero-order valence-electron chi connectivity index (χ0n) is 15.1. The highest BCUT2D eigenvalue weighted by Gasteiger charge is 2.18. The minimum atomic E-state index is -0.398. The number of hydrogen-bond acceptors (Lipinski definition) is 3. The zero-order valence-corrected chi connectivity index (χ0v) is 15.1. The molecule has 2 N–H and O–H groups in total. The molecule has 3 rings (SSSR count). The SMILES string of the molecule is Cc1ccc(Oc2ccc(C(C)NC3=CN[C@H](CCF)C3)cc2F)cc1. The second-order valence-corrected chi connectivity index (χ2v) is 6.69. The summed E-state index contributed by atoms with van der Waals surface area (Å²) in [5.74, 6) is 0.412. The van der Waals surface area contributed by atoms with Crippen molar-refractivity contribution in [1.82, 2.24) is 10.6 Å². The lowest BCUT2D eigenvalue weighted by molar-refractivity contribution is 0.421. The fourth-order valence-corrected chi connectivity index (χ4v) is 2.98. The number of rotatable bonds is 7. The smallest absolute Gasteiger partial charge is 0.166 e. The summed E-state index contributed by atoms with van der Waals surface area (Å²) in [7, 11) is 0. The molecule has 1 aliphatic heterocycles. The molecule has 138 valence electrons. The Hall–Kier alpha value is -2.56. The van der Waals surface area contributed by atoms with E-state index in [4.69, 9.17) is 4.74 Å². The summed E-state index contributed by atoms with van der Waals surface area (Å²) >= 11 is 0. The summed E-state index contributed by atoms with van der Waals surface area (Å²) in [5, 5.41) is 6.51. The maximum absolute atomic E-state index is 14.4. The van der Waals surface area contributed by atoms with Crippen molar-refractivity contribution in [2.24, 2.45) is 0 Å². The van der Waals surface area contributed by atoms with Crippen molar-refractivity contribution in [3.05, 3.63) is 71.3 Å². The molecule has 1 heterocycles. The van der Waals surface area contributed by atoms with Gasteiger partial charge in [-0.05, 0) is 50.1 Å². The van der Waals surface area contributed by atoms with Crippen molar-refractivity contribution in [3.8, 4) is 11.5 Å². The third-order valence-corrected chi connectivity index (χ3v) is 4.52. The standard InChI is InChI=1S/C21H24F2N2O/c1-14-3-6-19(7-4-14)26-21-8-5-16(11-20(21)23)15(2)25-18-12-17(9-10-22)24-13-18/h3-8,11,13,15,17,24-25H,9-10,12H2,1-2H3/t15?,17-/m1/s1. The van der Waals surface area contributed by atoms with Crippen molar-refractivity contribution in [3.63, 3.8) is 0 Å². The van der Waals surface area contributed by atoms with Gasteiger partial charge in [-0.1, -0.05) is 23.8 Å². The second-order valence-electron chi connectivity index (χ2n) is 6.69. The van der Waals surface area contributed by atoms with Gasteiger partial charge in [-0.15, -0.1) is 0 Å². The van der Waals surface area contributed by atoms with Crippen LogP contribution in [0.25, 0.3) is 0 Å². The van der Waals surface area contributed by atoms with E-state index in [1.54, 1.807) is 6.07 Å². The van der Waals surface area contributed by atoms with Crippen molar-refractivity contribution in [1.29, 1.82) is 0 Å². The maximum Gasteiger partial charge on any atom is 0.166 e. The van der Waals surface area contributed by atoms with E-state index in [1.807, 2.05) is 50.4 Å². The van der Waals surface area contributed by atoms with Crippen molar-refractivity contribution >= 4 is 0 Å². The van der Waals surface area contributed by atoms with Gasteiger partial charge in [0, 0.05) is 30.4 Å². The summed E-state index contributed by atoms with van der Waals surface area (Å²) in [6.45, 7) is 3.63. The van der Waals surface area contributed by atoms with Gasteiger partial charge in [-0.3, -0.25) is 4.39 Å². The maximum atomic E-state index is 14.4. The second kappa shape index (κ2) is 8.21. The van der Waals surface area contributed by atoms with E-state index >= 15 is 0 Å². The van der Waals surface area contributed by atoms with Crippen LogP contribution < -0.4 is 15.4 Å². The van der Waals surface area contributed by atoms with E-state index in [2.05, 4.69) is 10.6 Å². The third kappa shape index (κ3) is 4.54. The van der Waals surface area contributed by atoms with Crippen LogP contribution in [0.1, 0.15) is 36.9 Å². The number of hydrogen-bond donors (Lipinski definition) is 2. The van der Waals surface area contributed by atoms with E-state index in [0.29, 0.717) is 12.2 Å². The molecule has 2 atom stereocenters. The molecule has 26 heavy (non-hydrogen) atoms. The summed E-state index contributed by atoms with van der Waals surface area (Å²) in [4.78, 5) is 0. The molecule has 2 aromatic rings. The Bertz CT molecular complexity index is 774. The monoisotopic (exact) mass is 358 g/mol. The van der Waals surface area contributed by atoms with Gasteiger partial charge in [-0.25, -0.2) is 4.39 Å². The molecule has 0 saturated heterocycles. The van der Waals surface area contributed by atoms with Crippen molar-refractivity contribution in [2.75, 3.05) is 6.67 Å². The minimum absolute atomic E-state index is 0.0601. The third-order valence-electron chi connectivity index (χ3n) is 4.52. The van der Waals surface area contributed by atoms with Crippen LogP contribution in [0.3, 0.4) is 0 Å². The van der Waals surface area contributed by atoms with Crippen molar-refractivity contribution in [2.45, 2.75) is 38.8 Å². The van der Waals surface area contributed by atoms with E-state index < -0.39 is 5.82 Å². The first-order valence-electron chi connectivity index (χ1n) is 8.86. The number of aryl methyl sites for hydroxylation is 1. The fourth-order valence-electron chi connectivity index (χ4n) is 2.98. The van der Waals surface area contributed by atoms with Crippen LogP contribution in [-0.4, -0.2) is 12.7 Å². The van der Waals surface area contributed by atoms with Gasteiger partial charge in [0.1, 0.15) is 5.75 Å². The van der Waals surface area contributed by atoms with Crippen LogP contribution in [0.5, 0.6) is 11.5 Å². The highest BCUT2D eigenvalue weighted by atomic mass is 19.1. The normalized spacial score (nSPS) is 17.4. The fraction of sp³-hybridized carbons (Fsp3) is 0.333. The molecular weight excluding hydrogens is 334 g/mol. The van der Waals surface area contributed by atoms with Crippen LogP contribution in [0.15, 0.2) is 54.4 Å². The molecular formula is C21H24F2N2O. The molecule has 0 bridgehead atoms. The van der Waals surface area contributed by atoms with Crippen LogP contribution >= 0.6 is 0 Å². The van der Waals surface area contributed by atoms with Crippen LogP contribution in [0.4, 0.5) is 8.78 Å². The molecule has 0 fully saturated rings. The number of halogens is 2. The van der Waals surface area contributed by atoms with Crippen LogP contribution in [-0.2, 0) is 0 Å². The molecule has 3 nitrogen and oxygen atoms in total. The number of ether oxygens (including phenoxy) is 1. The lowest BCUT2D eigenvalue weighted by atomic mass is 10.1. The molecule has 1 unspecified atom stereocenters. The van der Waals surface area contributed by atoms with Gasteiger partial charge in [0.05, 0.1) is 6.67 Å². The molecule has 5 heteroatoms. The molecule has 0 saturated carbocycles. The lowest BCUT2D eigenvalue weighted by Crippen LogP contribution is -2.21. The first-order chi connectivity index (χ1) is 12.5. The predicted octanol–water partition coefficient (Wildman–Crippen LogP) is 5.14. The topological polar surface area (TPSA) is 33.3 Å². The summed E-state index contributed by atoms with van der Waals surface area (Å²) in [6, 6.07) is 12.6. The highest BCUT2D eigenvalue weighted by Crippen LogP contribution is 2.28. The molecule has 0 aromatic heterocycles. The summed E-state index contributed by atoms with van der Waals surface area (Å²) in [5.41, 5.74) is 2.96. The average molecular weight is 358 g/mol. The van der Waals surface area contributed by atoms with E-state index in [9.17, 15) is 8.78 Å². The van der Waals surface area contributed by atoms with Gasteiger partial charge in [0.25, 0.3) is 0 Å². The van der Waals surface area contributed by atoms with Gasteiger partial charge in [0.15, 0.2) is 11.6 Å². The van der Waals surface area contributed by atoms with Gasteiger partial charge >= 0.3 is 0 Å². The molecule has 0 aliphatic carbocycles. The van der Waals surface area contributed by atoms with E-state index in [1.165, 1.54) is 6.07 Å². The Morgan fingerprint density at radius 1 is 1.23 bits per heavy atom. The van der Waals surface area contributed by atoms with Gasteiger partial charge in [0.2, 0.25) is 0 Å².